The van der Waals surface area contributed by atoms with Crippen molar-refractivity contribution in [2.45, 2.75) is 75.3 Å². The van der Waals surface area contributed by atoms with E-state index in [-0.39, 0.29) is 0 Å². The Morgan fingerprint density at radius 3 is 1.86 bits per heavy atom. The number of rotatable bonds is 5. The molecule has 10 atom stereocenters. The second kappa shape index (κ2) is 9.11. The first-order valence-electron chi connectivity index (χ1n) is 9.40. The van der Waals surface area contributed by atoms with Crippen molar-refractivity contribution in [3.8, 4) is 11.5 Å². The molecule has 0 radical (unpaired) electrons. The molecule has 10 heteroatoms. The van der Waals surface area contributed by atoms with Gasteiger partial charge in [0, 0.05) is 0 Å². The van der Waals surface area contributed by atoms with Crippen LogP contribution < -0.4 is 9.47 Å². The lowest BCUT2D eigenvalue weighted by molar-refractivity contribution is -0.346. The Hall–Kier alpha value is -1.50. The molecule has 0 aliphatic carbocycles. The number of hydrogen-bond donors (Lipinski definition) is 5. The third-order valence-electron chi connectivity index (χ3n) is 5.19. The average molecular weight is 416 g/mol. The predicted molar refractivity (Wildman–Crippen MR) is 97.2 cm³/mol. The monoisotopic (exact) mass is 416 g/mol. The van der Waals surface area contributed by atoms with Gasteiger partial charge in [-0.15, -0.1) is 0 Å². The van der Waals surface area contributed by atoms with Crippen LogP contribution in [0.2, 0.25) is 0 Å². The minimum Gasteiger partial charge on any atom is -0.497 e. The Kier molecular flexibility index (Phi) is 6.97. The highest BCUT2D eigenvalue weighted by Gasteiger charge is 2.49. The molecule has 3 rings (SSSR count). The zero-order valence-corrected chi connectivity index (χ0v) is 16.4. The largest absolute Gasteiger partial charge is 0.497 e. The van der Waals surface area contributed by atoms with Crippen LogP contribution in [0.15, 0.2) is 24.3 Å². The number of benzene rings is 1. The van der Waals surface area contributed by atoms with Crippen LogP contribution in [-0.2, 0) is 14.2 Å². The number of methoxy groups -OCH3 is 1. The molecule has 1 aromatic carbocycles. The SMILES string of the molecule is COc1ccc(O[C@@H]2O[C@@H](C)[C@@H](O)[C@@H](O[C@H]3O[C@@H](C)[C@@H](O)[C@@H](O)[C@@H]3O)[C@@H]2O)cc1. The molecule has 2 aliphatic heterocycles. The molecule has 0 aromatic heterocycles. The summed E-state index contributed by atoms with van der Waals surface area (Å²) in [6, 6.07) is 6.62. The lowest BCUT2D eigenvalue weighted by Gasteiger charge is -2.45. The van der Waals surface area contributed by atoms with Gasteiger partial charge in [-0.25, -0.2) is 0 Å². The Balaban J connectivity index is 1.71. The molecule has 0 saturated carbocycles. The molecule has 0 amide bonds. The van der Waals surface area contributed by atoms with Gasteiger partial charge in [-0.3, -0.25) is 0 Å². The molecule has 2 heterocycles. The third-order valence-corrected chi connectivity index (χ3v) is 5.19. The first-order valence-corrected chi connectivity index (χ1v) is 9.40. The van der Waals surface area contributed by atoms with Crippen molar-refractivity contribution in [3.05, 3.63) is 24.3 Å². The minimum absolute atomic E-state index is 0.401. The fourth-order valence-corrected chi connectivity index (χ4v) is 3.32. The highest BCUT2D eigenvalue weighted by molar-refractivity contribution is 5.31. The summed E-state index contributed by atoms with van der Waals surface area (Å²) in [5.74, 6) is 1.03. The van der Waals surface area contributed by atoms with Gasteiger partial charge in [-0.05, 0) is 38.1 Å². The highest BCUT2D eigenvalue weighted by atomic mass is 16.7. The summed E-state index contributed by atoms with van der Waals surface area (Å²) < 4.78 is 27.3. The Morgan fingerprint density at radius 1 is 0.690 bits per heavy atom. The Labute approximate surface area is 168 Å². The lowest BCUT2D eigenvalue weighted by Crippen LogP contribution is -2.63. The van der Waals surface area contributed by atoms with Crippen LogP contribution >= 0.6 is 0 Å². The zero-order valence-electron chi connectivity index (χ0n) is 16.4. The maximum atomic E-state index is 10.7. The topological polar surface area (TPSA) is 147 Å². The van der Waals surface area contributed by atoms with Crippen molar-refractivity contribution in [3.63, 3.8) is 0 Å². The minimum atomic E-state index is -1.57. The highest BCUT2D eigenvalue weighted by Crippen LogP contribution is 2.30. The van der Waals surface area contributed by atoms with E-state index >= 15 is 0 Å². The summed E-state index contributed by atoms with van der Waals surface area (Å²) >= 11 is 0. The van der Waals surface area contributed by atoms with Crippen molar-refractivity contribution in [1.29, 1.82) is 0 Å². The van der Waals surface area contributed by atoms with Crippen LogP contribution in [-0.4, -0.2) is 94.1 Å². The van der Waals surface area contributed by atoms with Crippen molar-refractivity contribution >= 4 is 0 Å². The molecule has 10 nitrogen and oxygen atoms in total. The molecule has 0 bridgehead atoms. The molecule has 1 aromatic rings. The molecule has 2 fully saturated rings. The second-order valence-corrected chi connectivity index (χ2v) is 7.27. The molecule has 2 aliphatic rings. The molecular weight excluding hydrogens is 388 g/mol. The van der Waals surface area contributed by atoms with Gasteiger partial charge in [0.1, 0.15) is 48.1 Å². The molecule has 2 saturated heterocycles. The average Bonchev–Trinajstić information content (AvgIpc) is 2.71. The molecular formula is C19H28O10. The third kappa shape index (κ3) is 4.65. The molecule has 0 unspecified atom stereocenters. The normalized spacial score (nSPS) is 43.0. The summed E-state index contributed by atoms with van der Waals surface area (Å²) in [6.07, 6.45) is -12.4. The summed E-state index contributed by atoms with van der Waals surface area (Å²) in [5.41, 5.74) is 0. The smallest absolute Gasteiger partial charge is 0.229 e. The number of aliphatic hydroxyl groups excluding tert-OH is 5. The van der Waals surface area contributed by atoms with Crippen LogP contribution in [0.4, 0.5) is 0 Å². The molecule has 29 heavy (non-hydrogen) atoms. The van der Waals surface area contributed by atoms with E-state index in [0.717, 1.165) is 0 Å². The van der Waals surface area contributed by atoms with Crippen molar-refractivity contribution in [2.24, 2.45) is 0 Å². The van der Waals surface area contributed by atoms with E-state index in [1.165, 1.54) is 14.0 Å². The Morgan fingerprint density at radius 2 is 1.24 bits per heavy atom. The fourth-order valence-electron chi connectivity index (χ4n) is 3.32. The Bertz CT molecular complexity index is 655. The van der Waals surface area contributed by atoms with Gasteiger partial charge in [0.05, 0.1) is 19.3 Å². The van der Waals surface area contributed by atoms with Gasteiger partial charge >= 0.3 is 0 Å². The van der Waals surface area contributed by atoms with Crippen molar-refractivity contribution in [1.82, 2.24) is 0 Å². The number of ether oxygens (including phenoxy) is 5. The van der Waals surface area contributed by atoms with Crippen LogP contribution in [0.25, 0.3) is 0 Å². The zero-order chi connectivity index (χ0) is 21.3. The van der Waals surface area contributed by atoms with Crippen molar-refractivity contribution < 1.29 is 49.2 Å². The second-order valence-electron chi connectivity index (χ2n) is 7.27. The first kappa shape index (κ1) is 22.2. The predicted octanol–water partition coefficient (Wildman–Crippen LogP) is -1.25. The summed E-state index contributed by atoms with van der Waals surface area (Å²) in [6.45, 7) is 3.09. The van der Waals surface area contributed by atoms with E-state index in [1.807, 2.05) is 0 Å². The van der Waals surface area contributed by atoms with Gasteiger partial charge < -0.3 is 49.2 Å². The quantitative estimate of drug-likeness (QED) is 0.394. The van der Waals surface area contributed by atoms with Gasteiger partial charge in [-0.2, -0.15) is 0 Å². The van der Waals surface area contributed by atoms with E-state index in [4.69, 9.17) is 23.7 Å². The van der Waals surface area contributed by atoms with Gasteiger partial charge in [-0.1, -0.05) is 0 Å². The van der Waals surface area contributed by atoms with Crippen LogP contribution in [0.3, 0.4) is 0 Å². The lowest BCUT2D eigenvalue weighted by atomic mass is 9.97. The number of hydrogen-bond acceptors (Lipinski definition) is 10. The van der Waals surface area contributed by atoms with Gasteiger partial charge in [0.15, 0.2) is 6.29 Å². The summed E-state index contributed by atoms with van der Waals surface area (Å²) in [7, 11) is 1.54. The van der Waals surface area contributed by atoms with E-state index in [2.05, 4.69) is 0 Å². The summed E-state index contributed by atoms with van der Waals surface area (Å²) in [5, 5.41) is 51.0. The maximum Gasteiger partial charge on any atom is 0.229 e. The van der Waals surface area contributed by atoms with E-state index in [1.54, 1.807) is 31.2 Å². The van der Waals surface area contributed by atoms with E-state index < -0.39 is 61.4 Å². The van der Waals surface area contributed by atoms with Gasteiger partial charge in [0.25, 0.3) is 0 Å². The van der Waals surface area contributed by atoms with Crippen LogP contribution in [0.5, 0.6) is 11.5 Å². The molecule has 0 spiro atoms. The summed E-state index contributed by atoms with van der Waals surface area (Å²) in [4.78, 5) is 0. The molecule has 5 N–H and O–H groups in total. The fraction of sp³-hybridized carbons (Fsp3) is 0.684. The first-order chi connectivity index (χ1) is 13.7. The molecule has 164 valence electrons. The standard InChI is InChI=1S/C19H28O10/c1-8-12(20)14(22)15(23)18(26-8)29-17-13(21)9(2)27-19(16(17)24)28-11-6-4-10(25-3)5-7-11/h4-9,12-24H,1-3H3/t8-,9-,12+,13+,14+,15-,16-,17+,18+,19-/m0/s1. The number of aliphatic hydroxyl groups is 5. The van der Waals surface area contributed by atoms with Crippen molar-refractivity contribution in [2.75, 3.05) is 7.11 Å². The van der Waals surface area contributed by atoms with Crippen LogP contribution in [0, 0.1) is 0 Å². The maximum absolute atomic E-state index is 10.7. The van der Waals surface area contributed by atoms with Gasteiger partial charge in [0.2, 0.25) is 6.29 Å². The van der Waals surface area contributed by atoms with E-state index in [0.29, 0.717) is 11.5 Å². The van der Waals surface area contributed by atoms with E-state index in [9.17, 15) is 25.5 Å². The van der Waals surface area contributed by atoms with Crippen LogP contribution in [0.1, 0.15) is 13.8 Å².